The van der Waals surface area contributed by atoms with Crippen molar-refractivity contribution in [3.05, 3.63) is 70.4 Å². The molecule has 2 aromatic heterocycles. The molecule has 6 nitrogen and oxygen atoms in total. The van der Waals surface area contributed by atoms with E-state index in [1.54, 1.807) is 18.3 Å². The van der Waals surface area contributed by atoms with Crippen LogP contribution in [-0.2, 0) is 12.8 Å². The van der Waals surface area contributed by atoms with E-state index in [1.165, 1.54) is 12.1 Å². The Hall–Kier alpha value is -2.93. The minimum absolute atomic E-state index is 0.0253. The smallest absolute Gasteiger partial charge is 0.274 e. The Morgan fingerprint density at radius 2 is 1.71 bits per heavy atom. The SMILES string of the molecule is O=C(c1nn(-c2ccc(F)cc2)c2c1CCCC2)N1CCN(c2ccc(Cl)cn2)CC1. The lowest BCUT2D eigenvalue weighted by atomic mass is 9.95. The Labute approximate surface area is 185 Å². The van der Waals surface area contributed by atoms with Crippen molar-refractivity contribution in [1.82, 2.24) is 19.7 Å². The molecule has 0 N–H and O–H groups in total. The van der Waals surface area contributed by atoms with Crippen LogP contribution in [0, 0.1) is 5.82 Å². The number of rotatable bonds is 3. The van der Waals surface area contributed by atoms with Gasteiger partial charge in [0.05, 0.1) is 10.7 Å². The number of benzene rings is 1. The van der Waals surface area contributed by atoms with E-state index >= 15 is 0 Å². The molecule has 2 aliphatic rings. The van der Waals surface area contributed by atoms with Crippen LogP contribution in [0.4, 0.5) is 10.2 Å². The molecule has 0 saturated carbocycles. The molecule has 1 aliphatic heterocycles. The van der Waals surface area contributed by atoms with Gasteiger partial charge in [0.15, 0.2) is 5.69 Å². The summed E-state index contributed by atoms with van der Waals surface area (Å²) >= 11 is 5.93. The van der Waals surface area contributed by atoms with E-state index in [9.17, 15) is 9.18 Å². The topological polar surface area (TPSA) is 54.3 Å². The van der Waals surface area contributed by atoms with Crippen LogP contribution in [0.2, 0.25) is 5.02 Å². The minimum Gasteiger partial charge on any atom is -0.353 e. The lowest BCUT2D eigenvalue weighted by molar-refractivity contribution is 0.0739. The maximum Gasteiger partial charge on any atom is 0.274 e. The molecule has 160 valence electrons. The number of hydrogen-bond acceptors (Lipinski definition) is 4. The van der Waals surface area contributed by atoms with Crippen molar-refractivity contribution >= 4 is 23.3 Å². The highest BCUT2D eigenvalue weighted by atomic mass is 35.5. The predicted octanol–water partition coefficient (Wildman–Crippen LogP) is 3.90. The summed E-state index contributed by atoms with van der Waals surface area (Å²) in [7, 11) is 0. The number of fused-ring (bicyclic) bond motifs is 1. The van der Waals surface area contributed by atoms with Crippen LogP contribution in [0.25, 0.3) is 5.69 Å². The van der Waals surface area contributed by atoms with Crippen molar-refractivity contribution in [1.29, 1.82) is 0 Å². The molecule has 0 atom stereocenters. The molecule has 3 aromatic rings. The second-order valence-electron chi connectivity index (χ2n) is 7.98. The third-order valence-electron chi connectivity index (χ3n) is 6.06. The highest BCUT2D eigenvalue weighted by molar-refractivity contribution is 6.30. The molecule has 31 heavy (non-hydrogen) atoms. The molecular formula is C23H23ClFN5O. The first-order valence-corrected chi connectivity index (χ1v) is 11.0. The van der Waals surface area contributed by atoms with Crippen molar-refractivity contribution in [2.24, 2.45) is 0 Å². The highest BCUT2D eigenvalue weighted by Crippen LogP contribution is 2.28. The fourth-order valence-corrected chi connectivity index (χ4v) is 4.52. The van der Waals surface area contributed by atoms with Gasteiger partial charge in [-0.3, -0.25) is 4.79 Å². The van der Waals surface area contributed by atoms with E-state index in [4.69, 9.17) is 16.7 Å². The molecule has 1 fully saturated rings. The minimum atomic E-state index is -0.283. The van der Waals surface area contributed by atoms with Crippen LogP contribution in [0.3, 0.4) is 0 Å². The second-order valence-corrected chi connectivity index (χ2v) is 8.42. The van der Waals surface area contributed by atoms with Crippen molar-refractivity contribution in [2.45, 2.75) is 25.7 Å². The van der Waals surface area contributed by atoms with Gasteiger partial charge in [-0.25, -0.2) is 14.1 Å². The van der Waals surface area contributed by atoms with Crippen LogP contribution < -0.4 is 4.90 Å². The lowest BCUT2D eigenvalue weighted by Crippen LogP contribution is -2.49. The van der Waals surface area contributed by atoms with Gasteiger partial charge in [0.25, 0.3) is 5.91 Å². The molecule has 1 aliphatic carbocycles. The monoisotopic (exact) mass is 439 g/mol. The van der Waals surface area contributed by atoms with Crippen molar-refractivity contribution < 1.29 is 9.18 Å². The quantitative estimate of drug-likeness (QED) is 0.621. The summed E-state index contributed by atoms with van der Waals surface area (Å²) in [6.45, 7) is 2.64. The zero-order valence-corrected chi connectivity index (χ0v) is 17.9. The first-order chi connectivity index (χ1) is 15.1. The number of carbonyl (C=O) groups excluding carboxylic acids is 1. The molecular weight excluding hydrogens is 417 g/mol. The Kier molecular flexibility index (Phi) is 5.36. The van der Waals surface area contributed by atoms with E-state index in [1.807, 2.05) is 21.7 Å². The number of hydrogen-bond donors (Lipinski definition) is 0. The fourth-order valence-electron chi connectivity index (χ4n) is 4.41. The second kappa shape index (κ2) is 8.30. The van der Waals surface area contributed by atoms with Gasteiger partial charge in [-0.2, -0.15) is 5.10 Å². The highest BCUT2D eigenvalue weighted by Gasteiger charge is 2.30. The summed E-state index contributed by atoms with van der Waals surface area (Å²) in [6, 6.07) is 10.0. The molecule has 0 spiro atoms. The van der Waals surface area contributed by atoms with Gasteiger partial charge < -0.3 is 9.80 Å². The van der Waals surface area contributed by atoms with Gasteiger partial charge in [0.1, 0.15) is 11.6 Å². The average Bonchev–Trinajstić information content (AvgIpc) is 3.19. The Morgan fingerprint density at radius 3 is 2.42 bits per heavy atom. The van der Waals surface area contributed by atoms with E-state index < -0.39 is 0 Å². The van der Waals surface area contributed by atoms with Gasteiger partial charge in [0.2, 0.25) is 0 Å². The van der Waals surface area contributed by atoms with Crippen LogP contribution in [-0.4, -0.2) is 51.8 Å². The van der Waals surface area contributed by atoms with Crippen LogP contribution >= 0.6 is 11.6 Å². The Bertz CT molecular complexity index is 1090. The summed E-state index contributed by atoms with van der Waals surface area (Å²) in [5, 5.41) is 5.33. The fraction of sp³-hybridized carbons (Fsp3) is 0.348. The predicted molar refractivity (Wildman–Crippen MR) is 118 cm³/mol. The number of aromatic nitrogens is 3. The summed E-state index contributed by atoms with van der Waals surface area (Å²) < 4.78 is 15.2. The molecule has 1 aromatic carbocycles. The van der Waals surface area contributed by atoms with Crippen LogP contribution in [0.5, 0.6) is 0 Å². The van der Waals surface area contributed by atoms with Crippen molar-refractivity contribution in [3.63, 3.8) is 0 Å². The maximum absolute atomic E-state index is 13.4. The third-order valence-corrected chi connectivity index (χ3v) is 6.28. The first-order valence-electron chi connectivity index (χ1n) is 10.6. The molecule has 3 heterocycles. The molecule has 8 heteroatoms. The average molecular weight is 440 g/mol. The number of anilines is 1. The molecule has 5 rings (SSSR count). The molecule has 1 saturated heterocycles. The normalized spacial score (nSPS) is 16.3. The van der Waals surface area contributed by atoms with Gasteiger partial charge in [-0.1, -0.05) is 11.6 Å². The standard InChI is InChI=1S/C23H23ClFN5O/c24-16-5-10-21(26-15-16)28-11-13-29(14-12-28)23(31)22-19-3-1-2-4-20(19)30(27-22)18-8-6-17(25)7-9-18/h5-10,15H,1-4,11-14H2. The van der Waals surface area contributed by atoms with E-state index in [2.05, 4.69) is 9.88 Å². The summed E-state index contributed by atoms with van der Waals surface area (Å²) in [4.78, 5) is 21.8. The van der Waals surface area contributed by atoms with Crippen LogP contribution in [0.15, 0.2) is 42.6 Å². The van der Waals surface area contributed by atoms with E-state index in [-0.39, 0.29) is 11.7 Å². The number of pyridine rings is 1. The largest absolute Gasteiger partial charge is 0.353 e. The summed E-state index contributed by atoms with van der Waals surface area (Å²) in [5.74, 6) is 0.561. The summed E-state index contributed by atoms with van der Waals surface area (Å²) in [6.07, 6.45) is 5.50. The first kappa shape index (κ1) is 20.0. The van der Waals surface area contributed by atoms with Gasteiger partial charge in [-0.15, -0.1) is 0 Å². The lowest BCUT2D eigenvalue weighted by Gasteiger charge is -2.35. The number of nitrogens with zero attached hydrogens (tertiary/aromatic N) is 5. The number of carbonyl (C=O) groups is 1. The maximum atomic E-state index is 13.4. The van der Waals surface area contributed by atoms with E-state index in [0.717, 1.165) is 48.4 Å². The van der Waals surface area contributed by atoms with Gasteiger partial charge in [-0.05, 0) is 62.1 Å². The zero-order chi connectivity index (χ0) is 21.4. The van der Waals surface area contributed by atoms with Crippen molar-refractivity contribution in [3.8, 4) is 5.69 Å². The number of piperazine rings is 1. The number of amides is 1. The Balaban J connectivity index is 1.37. The molecule has 1 amide bonds. The molecule has 0 unspecified atom stereocenters. The molecule has 0 bridgehead atoms. The van der Waals surface area contributed by atoms with Gasteiger partial charge in [0, 0.05) is 43.6 Å². The zero-order valence-electron chi connectivity index (χ0n) is 17.1. The molecule has 0 radical (unpaired) electrons. The van der Waals surface area contributed by atoms with Crippen molar-refractivity contribution in [2.75, 3.05) is 31.1 Å². The summed E-state index contributed by atoms with van der Waals surface area (Å²) in [5.41, 5.74) is 3.45. The third kappa shape index (κ3) is 3.90. The van der Waals surface area contributed by atoms with Crippen LogP contribution in [0.1, 0.15) is 34.6 Å². The Morgan fingerprint density at radius 1 is 0.968 bits per heavy atom. The number of halogens is 2. The van der Waals surface area contributed by atoms with Gasteiger partial charge >= 0.3 is 0 Å². The van der Waals surface area contributed by atoms with E-state index in [0.29, 0.717) is 36.9 Å².